The summed E-state index contributed by atoms with van der Waals surface area (Å²) in [5.41, 5.74) is 11.1. The van der Waals surface area contributed by atoms with Crippen LogP contribution < -0.4 is 32.0 Å². The van der Waals surface area contributed by atoms with Crippen molar-refractivity contribution in [3.8, 4) is 11.3 Å². The van der Waals surface area contributed by atoms with Gasteiger partial charge in [-0.1, -0.05) is 140 Å². The first kappa shape index (κ1) is 74.5. The van der Waals surface area contributed by atoms with E-state index >= 15 is 0 Å². The highest BCUT2D eigenvalue weighted by Crippen LogP contribution is 2.56. The summed E-state index contributed by atoms with van der Waals surface area (Å²) in [5.74, 6) is 1.23. The number of ether oxygens (including phenoxy) is 1. The van der Waals surface area contributed by atoms with Crippen molar-refractivity contribution in [3.63, 3.8) is 0 Å². The molecular formula is C76H79Br4N9O3S8. The van der Waals surface area contributed by atoms with E-state index in [4.69, 9.17) is 14.9 Å². The average Bonchev–Trinajstić information content (AvgIpc) is 0.793. The zero-order valence-electron chi connectivity index (χ0n) is 56.2. The second kappa shape index (κ2) is 35.1. The van der Waals surface area contributed by atoms with Crippen LogP contribution in [0.2, 0.25) is 0 Å². The molecule has 3 unspecified atom stereocenters. The van der Waals surface area contributed by atoms with Gasteiger partial charge in [0, 0.05) is 234 Å². The van der Waals surface area contributed by atoms with Gasteiger partial charge in [0.2, 0.25) is 0 Å². The van der Waals surface area contributed by atoms with E-state index < -0.39 is 0 Å². The molecule has 0 spiro atoms. The van der Waals surface area contributed by atoms with Crippen molar-refractivity contribution in [2.45, 2.75) is 117 Å². The molecule has 7 aliphatic rings. The SMILES string of the molecule is CC(CBr)Nc1ccc2c(c1)Sc1cccc(Br)c1S2.CC(CN1CCN(C)CC1)Nc1ccc2c(c1)Sc1cccc(-c3cc(=O)cc(N4CCOCC4)o3)c1S2.CC(CN1CCN(C)CC1)Nc1ccc2c(c1)Sc1cccc(Br)c1S2.Nc1ccc2c(c1)Sc1cccc(Br)c1S2. The van der Waals surface area contributed by atoms with Gasteiger partial charge in [-0.2, -0.15) is 0 Å². The Morgan fingerprint density at radius 3 is 1.26 bits per heavy atom. The predicted octanol–water partition coefficient (Wildman–Crippen LogP) is 20.8. The molecule has 5 N–H and O–H groups in total. The Balaban J connectivity index is 0.000000126. The van der Waals surface area contributed by atoms with Gasteiger partial charge in [-0.3, -0.25) is 14.6 Å². The molecule has 8 heterocycles. The number of rotatable bonds is 13. The monoisotopic (exact) mass is 1740 g/mol. The number of nitrogens with one attached hydrogen (secondary N) is 3. The number of halogens is 4. The van der Waals surface area contributed by atoms with Crippen molar-refractivity contribution in [2.75, 3.05) is 138 Å². The maximum Gasteiger partial charge on any atom is 0.200 e. The first-order chi connectivity index (χ1) is 48.5. The minimum Gasteiger partial charge on any atom is -0.440 e. The lowest BCUT2D eigenvalue weighted by atomic mass is 10.1. The van der Waals surface area contributed by atoms with Gasteiger partial charge in [0.1, 0.15) is 5.76 Å². The maximum atomic E-state index is 12.6. The lowest BCUT2D eigenvalue weighted by molar-refractivity contribution is 0.120. The lowest BCUT2D eigenvalue weighted by Gasteiger charge is -2.34. The molecule has 8 aromatic carbocycles. The van der Waals surface area contributed by atoms with E-state index in [2.05, 4.69) is 266 Å². The third-order valence-electron chi connectivity index (χ3n) is 17.4. The topological polar surface area (TPSA) is 118 Å². The van der Waals surface area contributed by atoms with Crippen molar-refractivity contribution < 1.29 is 9.15 Å². The van der Waals surface area contributed by atoms with Gasteiger partial charge in [-0.05, 0) is 198 Å². The average molecular weight is 1740 g/mol. The van der Waals surface area contributed by atoms with Crippen LogP contribution in [0.1, 0.15) is 20.8 Å². The van der Waals surface area contributed by atoms with Crippen LogP contribution in [0.5, 0.6) is 0 Å². The molecular weight excluding hydrogens is 1660 g/mol. The highest BCUT2D eigenvalue weighted by molar-refractivity contribution is 9.11. The summed E-state index contributed by atoms with van der Waals surface area (Å²) >= 11 is 28.9. The summed E-state index contributed by atoms with van der Waals surface area (Å²) < 4.78 is 15.3. The highest BCUT2D eigenvalue weighted by atomic mass is 79.9. The number of alkyl halides is 1. The van der Waals surface area contributed by atoms with E-state index in [0.29, 0.717) is 43.0 Å². The summed E-state index contributed by atoms with van der Waals surface area (Å²) in [6.45, 7) is 20.8. The van der Waals surface area contributed by atoms with Gasteiger partial charge < -0.3 is 45.5 Å². The van der Waals surface area contributed by atoms with E-state index in [1.54, 1.807) is 59.2 Å². The fraction of sp³-hybridized carbons (Fsp3) is 0.303. The smallest absolute Gasteiger partial charge is 0.200 e. The first-order valence-electron chi connectivity index (χ1n) is 33.4. The Bertz CT molecular complexity index is 4440. The van der Waals surface area contributed by atoms with Crippen LogP contribution in [0, 0.1) is 0 Å². The molecule has 0 bridgehead atoms. The van der Waals surface area contributed by atoms with Gasteiger partial charge in [0.25, 0.3) is 0 Å². The second-order valence-corrected chi connectivity index (χ2v) is 37.2. The van der Waals surface area contributed by atoms with Gasteiger partial charge in [0.05, 0.1) is 13.2 Å². The molecule has 0 amide bonds. The first-order valence-corrected chi connectivity index (χ1v) is 43.4. The molecule has 3 atom stereocenters. The van der Waals surface area contributed by atoms with Gasteiger partial charge in [-0.25, -0.2) is 0 Å². The number of nitrogens with two attached hydrogens (primary N) is 1. The number of benzene rings is 8. The van der Waals surface area contributed by atoms with Crippen LogP contribution >= 0.6 is 158 Å². The minimum atomic E-state index is -0.0411. The molecule has 100 heavy (non-hydrogen) atoms. The molecule has 16 rings (SSSR count). The number of nitrogens with zero attached hydrogens (tertiary/aromatic N) is 5. The Kier molecular flexibility index (Phi) is 26.1. The van der Waals surface area contributed by atoms with Crippen molar-refractivity contribution in [1.82, 2.24) is 19.6 Å². The van der Waals surface area contributed by atoms with Crippen LogP contribution in [-0.4, -0.2) is 149 Å². The molecule has 3 fully saturated rings. The fourth-order valence-electron chi connectivity index (χ4n) is 12.1. The Morgan fingerprint density at radius 1 is 0.430 bits per heavy atom. The number of nitrogen functional groups attached to an aromatic ring is 1. The fourth-order valence-corrected chi connectivity index (χ4v) is 23.8. The number of fused-ring (bicyclic) bond motifs is 8. The summed E-state index contributed by atoms with van der Waals surface area (Å²) in [6.07, 6.45) is 0. The van der Waals surface area contributed by atoms with Crippen LogP contribution in [0.4, 0.5) is 28.6 Å². The molecule has 1 aromatic heterocycles. The number of likely N-dealkylation sites (N-methyl/N-ethyl adjacent to an activating group) is 2. The van der Waals surface area contributed by atoms with E-state index in [-0.39, 0.29) is 5.43 Å². The maximum absolute atomic E-state index is 12.6. The molecule has 24 heteroatoms. The molecule has 9 aromatic rings. The molecule has 0 radical (unpaired) electrons. The van der Waals surface area contributed by atoms with Crippen molar-refractivity contribution in [3.05, 3.63) is 181 Å². The Labute approximate surface area is 656 Å². The second-order valence-electron chi connectivity index (χ2n) is 25.4. The molecule has 3 saturated heterocycles. The number of anilines is 5. The molecule has 12 nitrogen and oxygen atoms in total. The number of hydrogen-bond donors (Lipinski definition) is 4. The van der Waals surface area contributed by atoms with Crippen molar-refractivity contribution in [2.24, 2.45) is 0 Å². The molecule has 522 valence electrons. The van der Waals surface area contributed by atoms with E-state index in [1.165, 1.54) is 120 Å². The number of piperazine rings is 2. The Morgan fingerprint density at radius 2 is 0.820 bits per heavy atom. The van der Waals surface area contributed by atoms with Crippen molar-refractivity contribution in [1.29, 1.82) is 0 Å². The van der Waals surface area contributed by atoms with Gasteiger partial charge >= 0.3 is 0 Å². The summed E-state index contributed by atoms with van der Waals surface area (Å²) in [4.78, 5) is 45.1. The number of hydrogen-bond acceptors (Lipinski definition) is 20. The highest BCUT2D eigenvalue weighted by Gasteiger charge is 2.27. The third kappa shape index (κ3) is 19.3. The summed E-state index contributed by atoms with van der Waals surface area (Å²) in [6, 6.07) is 55.9. The van der Waals surface area contributed by atoms with E-state index in [1.807, 2.05) is 65.2 Å². The van der Waals surface area contributed by atoms with Crippen LogP contribution in [-0.2, 0) is 4.74 Å². The largest absolute Gasteiger partial charge is 0.440 e. The predicted molar refractivity (Wildman–Crippen MR) is 440 cm³/mol. The summed E-state index contributed by atoms with van der Waals surface area (Å²) in [7, 11) is 4.40. The normalized spacial score (nSPS) is 17.1. The zero-order valence-corrected chi connectivity index (χ0v) is 69.0. The Hall–Kier alpha value is -3.77. The zero-order chi connectivity index (χ0) is 69.4. The van der Waals surface area contributed by atoms with Crippen LogP contribution in [0.3, 0.4) is 0 Å². The van der Waals surface area contributed by atoms with E-state index in [0.717, 1.165) is 84.0 Å². The number of morpholine rings is 1. The third-order valence-corrected chi connectivity index (χ3v) is 31.5. The summed E-state index contributed by atoms with van der Waals surface area (Å²) in [5, 5.41) is 11.9. The minimum absolute atomic E-state index is 0.0411. The van der Waals surface area contributed by atoms with Gasteiger partial charge in [-0.15, -0.1) is 0 Å². The van der Waals surface area contributed by atoms with Crippen LogP contribution in [0.15, 0.2) is 259 Å². The standard InChI is InChI=1S/C29H34N4O3S2.C20H24BrN3S2.C15H13Br2NS2.C12H8BrNS2/c1-20(19-32-10-8-31(2)9-11-32)30-21-6-7-25-27(16-21)37-26-5-3-4-23(29(26)38-25)24-17-22(34)18-28(36-24)33-12-14-35-15-13-33;1-14(13-24-10-8-23(2)9-11-24)22-15-6-7-17-19(12-15)25-18-5-3-4-16(21)20(18)26-17;1-9(8-16)18-10-5-6-12-14(7-10)19-13-4-2-3-11(17)15(13)20-12;13-8-2-1-3-10-12(8)16-9-5-4-7(14)6-11(9)15-10/h3-7,16-18,20,30H,8-15,19H2,1-2H3;3-7,12,14,22H,8-11,13H2,1-2H3;2-7,9,18H,8H2,1H3;1-6H,14H2. The molecule has 7 aliphatic heterocycles. The molecule has 0 aliphatic carbocycles. The lowest BCUT2D eigenvalue weighted by Crippen LogP contribution is -2.47. The van der Waals surface area contributed by atoms with E-state index in [9.17, 15) is 4.79 Å². The van der Waals surface area contributed by atoms with Crippen molar-refractivity contribution >= 4 is 186 Å². The van der Waals surface area contributed by atoms with Crippen LogP contribution in [0.25, 0.3) is 11.3 Å². The quantitative estimate of drug-likeness (QED) is 0.0647. The molecule has 0 saturated carbocycles. The van der Waals surface area contributed by atoms with Gasteiger partial charge in [0.15, 0.2) is 11.3 Å².